The number of amides is 2. The summed E-state index contributed by atoms with van der Waals surface area (Å²) in [4.78, 5) is 39.6. The number of hydrogen-bond donors (Lipinski definition) is 3. The molecule has 2 aromatic carbocycles. The third-order valence-electron chi connectivity index (χ3n) is 6.64. The first kappa shape index (κ1) is 28.2. The van der Waals surface area contributed by atoms with E-state index in [2.05, 4.69) is 25.5 Å². The molecule has 5 aromatic rings. The summed E-state index contributed by atoms with van der Waals surface area (Å²) < 4.78 is 1.94. The SMILES string of the molecule is Cn1c(-c2cc(NC(=O)Cc3cccnc3)c[nH]2)nc2cc(C(=O)Nc3ccc(N(CCCl)CCCl)cc3)ccc21. The van der Waals surface area contributed by atoms with E-state index >= 15 is 0 Å². The molecule has 11 heteroatoms. The van der Waals surface area contributed by atoms with E-state index in [1.165, 1.54) is 0 Å². The fourth-order valence-electron chi connectivity index (χ4n) is 4.60. The predicted molar refractivity (Wildman–Crippen MR) is 165 cm³/mol. The van der Waals surface area contributed by atoms with Crippen molar-refractivity contribution in [1.82, 2.24) is 19.5 Å². The standard InChI is InChI=1S/C30H29Cl2N7O2/c1-38-27-9-4-21(30(41)36-22-5-7-24(8-6-22)39(13-10-31)14-11-32)16-25(27)37-29(38)26-17-23(19-34-26)35-28(40)15-20-3-2-12-33-18-20/h2-9,12,16-19,34H,10-11,13-15H2,1H3,(H,35,40)(H,36,41). The normalized spacial score (nSPS) is 11.0. The highest BCUT2D eigenvalue weighted by atomic mass is 35.5. The van der Waals surface area contributed by atoms with Crippen LogP contribution in [0, 0.1) is 0 Å². The lowest BCUT2D eigenvalue weighted by Gasteiger charge is -2.23. The number of nitrogens with one attached hydrogen (secondary N) is 3. The topological polar surface area (TPSA) is 108 Å². The second kappa shape index (κ2) is 12.9. The van der Waals surface area contributed by atoms with E-state index in [1.807, 2.05) is 54.1 Å². The highest BCUT2D eigenvalue weighted by molar-refractivity contribution is 6.18. The number of hydrogen-bond acceptors (Lipinski definition) is 5. The van der Waals surface area contributed by atoms with Gasteiger partial charge in [0.1, 0.15) is 0 Å². The Morgan fingerprint density at radius 3 is 2.46 bits per heavy atom. The highest BCUT2D eigenvalue weighted by Crippen LogP contribution is 2.26. The molecule has 0 unspecified atom stereocenters. The van der Waals surface area contributed by atoms with Gasteiger partial charge in [-0.2, -0.15) is 0 Å². The summed E-state index contributed by atoms with van der Waals surface area (Å²) in [6.07, 6.45) is 5.31. The lowest BCUT2D eigenvalue weighted by Crippen LogP contribution is -2.27. The number of alkyl halides is 2. The van der Waals surface area contributed by atoms with Crippen molar-refractivity contribution in [3.05, 3.63) is 90.4 Å². The first-order valence-electron chi connectivity index (χ1n) is 13.1. The Morgan fingerprint density at radius 1 is 0.976 bits per heavy atom. The number of aromatic amines is 1. The van der Waals surface area contributed by atoms with Crippen LogP contribution in [0.1, 0.15) is 15.9 Å². The zero-order valence-corrected chi connectivity index (χ0v) is 23.9. The van der Waals surface area contributed by atoms with Gasteiger partial charge >= 0.3 is 0 Å². The molecule has 0 fully saturated rings. The molecular formula is C30H29Cl2N7O2. The molecule has 3 aromatic heterocycles. The molecule has 0 radical (unpaired) electrons. The number of halogens is 2. The van der Waals surface area contributed by atoms with Crippen molar-refractivity contribution in [2.75, 3.05) is 40.4 Å². The number of rotatable bonds is 11. The smallest absolute Gasteiger partial charge is 0.255 e. The van der Waals surface area contributed by atoms with Gasteiger partial charge < -0.3 is 25.1 Å². The second-order valence-corrected chi connectivity index (χ2v) is 10.2. The molecule has 3 N–H and O–H groups in total. The van der Waals surface area contributed by atoms with Crippen LogP contribution in [0.3, 0.4) is 0 Å². The zero-order chi connectivity index (χ0) is 28.8. The molecule has 0 saturated carbocycles. The Labute approximate surface area is 247 Å². The number of carbonyl (C=O) groups is 2. The fourth-order valence-corrected chi connectivity index (χ4v) is 5.01. The van der Waals surface area contributed by atoms with E-state index in [-0.39, 0.29) is 18.2 Å². The Hall–Kier alpha value is -4.34. The summed E-state index contributed by atoms with van der Waals surface area (Å²) in [5, 5.41) is 5.85. The van der Waals surface area contributed by atoms with E-state index in [9.17, 15) is 9.59 Å². The van der Waals surface area contributed by atoms with Crippen LogP contribution < -0.4 is 15.5 Å². The number of H-pyrrole nitrogens is 1. The van der Waals surface area contributed by atoms with Crippen LogP contribution in [0.5, 0.6) is 0 Å². The number of nitrogens with zero attached hydrogens (tertiary/aromatic N) is 4. The molecule has 0 aliphatic carbocycles. The molecule has 0 saturated heterocycles. The predicted octanol–water partition coefficient (Wildman–Crippen LogP) is 5.68. The van der Waals surface area contributed by atoms with Crippen LogP contribution in [0.15, 0.2) is 79.3 Å². The van der Waals surface area contributed by atoms with Gasteiger partial charge in [0.2, 0.25) is 5.91 Å². The van der Waals surface area contributed by atoms with Crippen LogP contribution in [-0.4, -0.2) is 56.2 Å². The average molecular weight is 591 g/mol. The van der Waals surface area contributed by atoms with Gasteiger partial charge in [-0.3, -0.25) is 14.6 Å². The summed E-state index contributed by atoms with van der Waals surface area (Å²) in [5.74, 6) is 1.31. The van der Waals surface area contributed by atoms with Crippen LogP contribution in [-0.2, 0) is 18.3 Å². The van der Waals surface area contributed by atoms with Gasteiger partial charge in [0, 0.05) is 67.4 Å². The van der Waals surface area contributed by atoms with E-state index < -0.39 is 0 Å². The molecule has 210 valence electrons. The number of fused-ring (bicyclic) bond motifs is 1. The minimum absolute atomic E-state index is 0.137. The van der Waals surface area contributed by atoms with Crippen LogP contribution in [0.25, 0.3) is 22.6 Å². The monoisotopic (exact) mass is 589 g/mol. The van der Waals surface area contributed by atoms with Gasteiger partial charge in [-0.1, -0.05) is 6.07 Å². The van der Waals surface area contributed by atoms with Gasteiger partial charge in [0.15, 0.2) is 5.82 Å². The molecule has 9 nitrogen and oxygen atoms in total. The van der Waals surface area contributed by atoms with E-state index in [4.69, 9.17) is 28.2 Å². The third-order valence-corrected chi connectivity index (χ3v) is 6.98. The quantitative estimate of drug-likeness (QED) is 0.172. The summed E-state index contributed by atoms with van der Waals surface area (Å²) in [6, 6.07) is 18.5. The van der Waals surface area contributed by atoms with Crippen molar-refractivity contribution in [3.63, 3.8) is 0 Å². The molecule has 0 spiro atoms. The largest absolute Gasteiger partial charge is 0.369 e. The maximum absolute atomic E-state index is 13.0. The van der Waals surface area contributed by atoms with Gasteiger partial charge in [-0.15, -0.1) is 23.2 Å². The molecule has 5 rings (SSSR count). The Bertz CT molecular complexity index is 1640. The zero-order valence-electron chi connectivity index (χ0n) is 22.4. The molecule has 2 amide bonds. The number of aryl methyl sites for hydroxylation is 1. The summed E-state index contributed by atoms with van der Waals surface area (Å²) in [5.41, 5.74) is 5.94. The number of carbonyl (C=O) groups excluding carboxylic acids is 2. The molecule has 0 atom stereocenters. The van der Waals surface area contributed by atoms with Crippen molar-refractivity contribution in [2.24, 2.45) is 7.05 Å². The maximum atomic E-state index is 13.0. The van der Waals surface area contributed by atoms with Crippen LogP contribution in [0.2, 0.25) is 0 Å². The van der Waals surface area contributed by atoms with Crippen molar-refractivity contribution in [2.45, 2.75) is 6.42 Å². The lowest BCUT2D eigenvalue weighted by atomic mass is 10.1. The van der Waals surface area contributed by atoms with E-state index in [1.54, 1.807) is 36.8 Å². The molecule has 0 aliphatic heterocycles. The van der Waals surface area contributed by atoms with Gasteiger partial charge in [0.05, 0.1) is 28.8 Å². The Kier molecular flexibility index (Phi) is 8.86. The highest BCUT2D eigenvalue weighted by Gasteiger charge is 2.16. The number of benzene rings is 2. The third kappa shape index (κ3) is 6.70. The minimum atomic E-state index is -0.233. The van der Waals surface area contributed by atoms with Gasteiger partial charge in [-0.25, -0.2) is 4.98 Å². The van der Waals surface area contributed by atoms with Crippen molar-refractivity contribution in [3.8, 4) is 11.5 Å². The molecule has 41 heavy (non-hydrogen) atoms. The summed E-state index contributed by atoms with van der Waals surface area (Å²) in [7, 11) is 1.91. The number of anilines is 3. The number of imidazole rings is 1. The van der Waals surface area contributed by atoms with Crippen molar-refractivity contribution < 1.29 is 9.59 Å². The maximum Gasteiger partial charge on any atom is 0.255 e. The molecule has 0 bridgehead atoms. The molecule has 0 aliphatic rings. The van der Waals surface area contributed by atoms with Crippen LogP contribution in [0.4, 0.5) is 17.1 Å². The Balaban J connectivity index is 1.27. The first-order chi connectivity index (χ1) is 19.9. The summed E-state index contributed by atoms with van der Waals surface area (Å²) in [6.45, 7) is 1.38. The second-order valence-electron chi connectivity index (χ2n) is 9.45. The van der Waals surface area contributed by atoms with E-state index in [0.29, 0.717) is 53.1 Å². The summed E-state index contributed by atoms with van der Waals surface area (Å²) >= 11 is 11.8. The van der Waals surface area contributed by atoms with E-state index in [0.717, 1.165) is 22.5 Å². The number of aromatic nitrogens is 4. The average Bonchev–Trinajstić information content (AvgIpc) is 3.57. The van der Waals surface area contributed by atoms with Crippen molar-refractivity contribution in [1.29, 1.82) is 0 Å². The fraction of sp³-hybridized carbons (Fsp3) is 0.200. The molecule has 3 heterocycles. The minimum Gasteiger partial charge on any atom is -0.369 e. The molecular weight excluding hydrogens is 561 g/mol. The van der Waals surface area contributed by atoms with Crippen LogP contribution >= 0.6 is 23.2 Å². The van der Waals surface area contributed by atoms with Gasteiger partial charge in [0.25, 0.3) is 5.91 Å². The first-order valence-corrected chi connectivity index (χ1v) is 14.1. The van der Waals surface area contributed by atoms with Gasteiger partial charge in [-0.05, 0) is 60.2 Å². The number of pyridine rings is 1. The lowest BCUT2D eigenvalue weighted by molar-refractivity contribution is -0.115. The Morgan fingerprint density at radius 2 is 1.76 bits per heavy atom. The van der Waals surface area contributed by atoms with Crippen molar-refractivity contribution >= 4 is 63.1 Å².